The van der Waals surface area contributed by atoms with Gasteiger partial charge in [-0.25, -0.2) is 0 Å². The third-order valence-corrected chi connectivity index (χ3v) is 5.96. The largest absolute Gasteiger partial charge is 0.0654 e. The van der Waals surface area contributed by atoms with Gasteiger partial charge in [0.05, 0.1) is 0 Å². The summed E-state index contributed by atoms with van der Waals surface area (Å²) in [7, 11) is 0. The van der Waals surface area contributed by atoms with E-state index in [-0.39, 0.29) is 0 Å². The second-order valence-electron chi connectivity index (χ2n) is 7.26. The molecule has 0 N–H and O–H groups in total. The van der Waals surface area contributed by atoms with Gasteiger partial charge in [-0.15, -0.1) is 0 Å². The van der Waals surface area contributed by atoms with Crippen LogP contribution in [0.2, 0.25) is 0 Å². The highest BCUT2D eigenvalue weighted by atomic mass is 14.4. The quantitative estimate of drug-likeness (QED) is 0.613. The maximum Gasteiger partial charge on any atom is -0.0159 e. The van der Waals surface area contributed by atoms with E-state index in [9.17, 15) is 0 Å². The first-order valence-corrected chi connectivity index (χ1v) is 8.91. The highest BCUT2D eigenvalue weighted by Gasteiger charge is 2.35. The summed E-state index contributed by atoms with van der Waals surface area (Å²) in [5.74, 6) is 4.01. The monoisotopic (exact) mass is 270 g/mol. The SMILES string of the molecule is CCCCC1CC[C@@H]2C[C@H](c3ccccc3)CC[C@@H]2C1. The number of fused-ring (bicyclic) bond motifs is 1. The summed E-state index contributed by atoms with van der Waals surface area (Å²) in [4.78, 5) is 0. The minimum atomic E-state index is 0.852. The number of benzene rings is 1. The Morgan fingerprint density at radius 1 is 0.900 bits per heavy atom. The van der Waals surface area contributed by atoms with Crippen molar-refractivity contribution in [3.05, 3.63) is 35.9 Å². The molecular weight excluding hydrogens is 240 g/mol. The van der Waals surface area contributed by atoms with Gasteiger partial charge in [-0.05, 0) is 61.3 Å². The first-order valence-electron chi connectivity index (χ1n) is 8.91. The van der Waals surface area contributed by atoms with Gasteiger partial charge in [-0.1, -0.05) is 62.9 Å². The third kappa shape index (κ3) is 3.27. The molecule has 0 nitrogen and oxygen atoms in total. The van der Waals surface area contributed by atoms with Crippen molar-refractivity contribution >= 4 is 0 Å². The lowest BCUT2D eigenvalue weighted by atomic mass is 9.63. The van der Waals surface area contributed by atoms with Crippen LogP contribution < -0.4 is 0 Å². The lowest BCUT2D eigenvalue weighted by Gasteiger charge is -2.42. The van der Waals surface area contributed by atoms with Crippen LogP contribution in [0, 0.1) is 17.8 Å². The van der Waals surface area contributed by atoms with Crippen molar-refractivity contribution in [1.82, 2.24) is 0 Å². The summed E-state index contributed by atoms with van der Waals surface area (Å²) < 4.78 is 0. The highest BCUT2D eigenvalue weighted by molar-refractivity contribution is 5.20. The molecule has 1 aromatic rings. The first-order chi connectivity index (χ1) is 9.86. The van der Waals surface area contributed by atoms with Gasteiger partial charge >= 0.3 is 0 Å². The normalized spacial score (nSPS) is 33.6. The summed E-state index contributed by atoms with van der Waals surface area (Å²) in [5, 5.41) is 0. The summed E-state index contributed by atoms with van der Waals surface area (Å²) in [6.45, 7) is 2.33. The Bertz CT molecular complexity index is 394. The fourth-order valence-electron chi connectivity index (χ4n) is 4.77. The van der Waals surface area contributed by atoms with Crippen molar-refractivity contribution in [2.45, 2.75) is 70.6 Å². The molecule has 2 aliphatic rings. The average molecular weight is 270 g/mol. The van der Waals surface area contributed by atoms with Crippen LogP contribution in [0.5, 0.6) is 0 Å². The van der Waals surface area contributed by atoms with E-state index < -0.39 is 0 Å². The molecule has 0 amide bonds. The Kier molecular flexibility index (Phi) is 4.81. The van der Waals surface area contributed by atoms with Gasteiger partial charge in [0, 0.05) is 0 Å². The number of hydrogen-bond acceptors (Lipinski definition) is 0. The second kappa shape index (κ2) is 6.78. The van der Waals surface area contributed by atoms with Crippen LogP contribution in [0.15, 0.2) is 30.3 Å². The molecule has 0 bridgehead atoms. The van der Waals surface area contributed by atoms with Gasteiger partial charge in [-0.3, -0.25) is 0 Å². The number of unbranched alkanes of at least 4 members (excludes halogenated alkanes) is 1. The third-order valence-electron chi connectivity index (χ3n) is 5.96. The van der Waals surface area contributed by atoms with Gasteiger partial charge in [0.25, 0.3) is 0 Å². The van der Waals surface area contributed by atoms with E-state index in [2.05, 4.69) is 37.3 Å². The summed E-state index contributed by atoms with van der Waals surface area (Å²) in [5.41, 5.74) is 1.60. The molecule has 0 heteroatoms. The molecule has 0 saturated heterocycles. The Morgan fingerprint density at radius 3 is 2.45 bits per heavy atom. The first kappa shape index (κ1) is 14.2. The minimum Gasteiger partial charge on any atom is -0.0654 e. The van der Waals surface area contributed by atoms with Crippen LogP contribution in [0.25, 0.3) is 0 Å². The lowest BCUT2D eigenvalue weighted by molar-refractivity contribution is 0.113. The van der Waals surface area contributed by atoms with Crippen LogP contribution in [0.4, 0.5) is 0 Å². The second-order valence-corrected chi connectivity index (χ2v) is 7.26. The molecule has 0 aliphatic heterocycles. The van der Waals surface area contributed by atoms with Crippen molar-refractivity contribution in [2.75, 3.05) is 0 Å². The molecule has 2 fully saturated rings. The predicted octanol–water partition coefficient (Wildman–Crippen LogP) is 6.18. The molecular formula is C20H30. The Hall–Kier alpha value is -0.780. The molecule has 1 aromatic carbocycles. The van der Waals surface area contributed by atoms with Gasteiger partial charge in [0.15, 0.2) is 0 Å². The standard InChI is InChI=1S/C20H30/c1-2-3-7-16-10-11-20-15-19(13-12-18(20)14-16)17-8-5-4-6-9-17/h4-6,8-9,16,18-20H,2-3,7,10-15H2,1H3/t16?,18-,19-,20-/m1/s1. The Morgan fingerprint density at radius 2 is 1.65 bits per heavy atom. The van der Waals surface area contributed by atoms with Gasteiger partial charge in [0.2, 0.25) is 0 Å². The molecule has 2 saturated carbocycles. The zero-order valence-corrected chi connectivity index (χ0v) is 13.1. The van der Waals surface area contributed by atoms with E-state index in [0.717, 1.165) is 23.7 Å². The minimum absolute atomic E-state index is 0.852. The fraction of sp³-hybridized carbons (Fsp3) is 0.700. The smallest absolute Gasteiger partial charge is 0.0159 e. The molecule has 4 atom stereocenters. The molecule has 3 rings (SSSR count). The maximum atomic E-state index is 2.35. The van der Waals surface area contributed by atoms with E-state index in [1.807, 2.05) is 0 Å². The highest BCUT2D eigenvalue weighted by Crippen LogP contribution is 2.48. The van der Waals surface area contributed by atoms with Crippen molar-refractivity contribution < 1.29 is 0 Å². The van der Waals surface area contributed by atoms with Crippen molar-refractivity contribution in [3.8, 4) is 0 Å². The summed E-state index contributed by atoms with van der Waals surface area (Å²) in [6.07, 6.45) is 13.3. The van der Waals surface area contributed by atoms with E-state index >= 15 is 0 Å². The van der Waals surface area contributed by atoms with E-state index in [1.165, 1.54) is 51.4 Å². The van der Waals surface area contributed by atoms with Crippen molar-refractivity contribution in [3.63, 3.8) is 0 Å². The predicted molar refractivity (Wildman–Crippen MR) is 86.9 cm³/mol. The molecule has 0 radical (unpaired) electrons. The van der Waals surface area contributed by atoms with Crippen LogP contribution in [-0.2, 0) is 0 Å². The van der Waals surface area contributed by atoms with Crippen LogP contribution in [-0.4, -0.2) is 0 Å². The number of hydrogen-bond donors (Lipinski definition) is 0. The van der Waals surface area contributed by atoms with Crippen molar-refractivity contribution in [1.29, 1.82) is 0 Å². The summed E-state index contributed by atoms with van der Waals surface area (Å²) >= 11 is 0. The number of rotatable bonds is 4. The molecule has 2 aliphatic carbocycles. The van der Waals surface area contributed by atoms with Crippen LogP contribution >= 0.6 is 0 Å². The zero-order valence-electron chi connectivity index (χ0n) is 13.1. The molecule has 0 aromatic heterocycles. The van der Waals surface area contributed by atoms with Gasteiger partial charge in [-0.2, -0.15) is 0 Å². The molecule has 1 unspecified atom stereocenters. The molecule has 0 spiro atoms. The maximum absolute atomic E-state index is 2.35. The summed E-state index contributed by atoms with van der Waals surface area (Å²) in [6, 6.07) is 11.3. The molecule has 0 heterocycles. The Balaban J connectivity index is 1.56. The molecule has 20 heavy (non-hydrogen) atoms. The molecule has 110 valence electrons. The Labute approximate surface area is 125 Å². The topological polar surface area (TPSA) is 0 Å². The van der Waals surface area contributed by atoms with Gasteiger partial charge < -0.3 is 0 Å². The average Bonchev–Trinajstić information content (AvgIpc) is 2.53. The fourth-order valence-corrected chi connectivity index (χ4v) is 4.77. The van der Waals surface area contributed by atoms with Gasteiger partial charge in [0.1, 0.15) is 0 Å². The van der Waals surface area contributed by atoms with Crippen LogP contribution in [0.3, 0.4) is 0 Å². The van der Waals surface area contributed by atoms with E-state index in [1.54, 1.807) is 12.0 Å². The van der Waals surface area contributed by atoms with Crippen molar-refractivity contribution in [2.24, 2.45) is 17.8 Å². The zero-order chi connectivity index (χ0) is 13.8. The van der Waals surface area contributed by atoms with E-state index in [0.29, 0.717) is 0 Å². The van der Waals surface area contributed by atoms with E-state index in [4.69, 9.17) is 0 Å². The van der Waals surface area contributed by atoms with Crippen LogP contribution in [0.1, 0.15) is 76.2 Å². The lowest BCUT2D eigenvalue weighted by Crippen LogP contribution is -2.30.